The first-order chi connectivity index (χ1) is 12.7. The second-order valence-corrected chi connectivity index (χ2v) is 7.19. The summed E-state index contributed by atoms with van der Waals surface area (Å²) in [7, 11) is 0. The molecular weight excluding hydrogens is 392 g/mol. The zero-order valence-electron chi connectivity index (χ0n) is 14.6. The lowest BCUT2D eigenvalue weighted by atomic mass is 10.1. The first kappa shape index (κ1) is 18.8. The minimum Gasteiger partial charge on any atom is -0.379 e. The molecule has 2 aromatic carbocycles. The van der Waals surface area contributed by atoms with Gasteiger partial charge >= 0.3 is 0 Å². The number of hydrogen-bond donors (Lipinski definition) is 1. The smallest absolute Gasteiger partial charge is 0.244 e. The highest BCUT2D eigenvalue weighted by molar-refractivity contribution is 9.10. The number of morpholine rings is 1. The van der Waals surface area contributed by atoms with E-state index in [1.165, 1.54) is 0 Å². The topological polar surface area (TPSA) is 41.6 Å². The third-order valence-corrected chi connectivity index (χ3v) is 4.83. The van der Waals surface area contributed by atoms with Crippen LogP contribution < -0.4 is 5.32 Å². The molecule has 5 heteroatoms. The standard InChI is InChI=1S/C21H23BrN2O2/c22-19-8-4-5-17(15-19)9-10-21(25)23-20(18-6-2-1-3-7-18)16-24-11-13-26-14-12-24/h1-10,15,20H,11-14,16H2,(H,23,25)/b10-9+. The van der Waals surface area contributed by atoms with E-state index in [-0.39, 0.29) is 11.9 Å². The number of nitrogens with zero attached hydrogens (tertiary/aromatic N) is 1. The molecule has 1 N–H and O–H groups in total. The van der Waals surface area contributed by atoms with Gasteiger partial charge in [-0.3, -0.25) is 9.69 Å². The number of rotatable bonds is 6. The quantitative estimate of drug-likeness (QED) is 0.733. The van der Waals surface area contributed by atoms with Gasteiger partial charge in [0.25, 0.3) is 0 Å². The SMILES string of the molecule is O=C(/C=C/c1cccc(Br)c1)NC(CN1CCOCC1)c1ccccc1. The van der Waals surface area contributed by atoms with Gasteiger partial charge in [0.15, 0.2) is 0 Å². The first-order valence-electron chi connectivity index (χ1n) is 8.80. The number of benzene rings is 2. The van der Waals surface area contributed by atoms with Crippen molar-refractivity contribution < 1.29 is 9.53 Å². The fourth-order valence-corrected chi connectivity index (χ4v) is 3.38. The molecule has 3 rings (SSSR count). The molecule has 1 atom stereocenters. The van der Waals surface area contributed by atoms with Crippen LogP contribution in [0.2, 0.25) is 0 Å². The minimum atomic E-state index is -0.0907. The summed E-state index contributed by atoms with van der Waals surface area (Å²) in [4.78, 5) is 14.8. The Bertz CT molecular complexity index is 743. The van der Waals surface area contributed by atoms with Crippen molar-refractivity contribution in [3.8, 4) is 0 Å². The third kappa shape index (κ3) is 5.80. The van der Waals surface area contributed by atoms with E-state index in [4.69, 9.17) is 4.74 Å². The summed E-state index contributed by atoms with van der Waals surface area (Å²) in [6.07, 6.45) is 3.42. The lowest BCUT2D eigenvalue weighted by Gasteiger charge is -2.31. The average Bonchev–Trinajstić information content (AvgIpc) is 2.67. The first-order valence-corrected chi connectivity index (χ1v) is 9.59. The van der Waals surface area contributed by atoms with Crippen LogP contribution in [0, 0.1) is 0 Å². The highest BCUT2D eigenvalue weighted by Gasteiger charge is 2.19. The molecule has 1 aliphatic heterocycles. The Morgan fingerprint density at radius 3 is 2.65 bits per heavy atom. The van der Waals surface area contributed by atoms with Crippen LogP contribution in [0.15, 0.2) is 65.1 Å². The molecule has 136 valence electrons. The van der Waals surface area contributed by atoms with Gasteiger partial charge in [-0.25, -0.2) is 0 Å². The predicted octanol–water partition coefficient (Wildman–Crippen LogP) is 3.65. The maximum absolute atomic E-state index is 12.5. The Kier molecular flexibility index (Phi) is 7.00. The Balaban J connectivity index is 1.67. The minimum absolute atomic E-state index is 0.0473. The lowest BCUT2D eigenvalue weighted by molar-refractivity contribution is -0.117. The average molecular weight is 415 g/mol. The van der Waals surface area contributed by atoms with Crippen molar-refractivity contribution in [2.75, 3.05) is 32.8 Å². The molecule has 4 nitrogen and oxygen atoms in total. The van der Waals surface area contributed by atoms with Gasteiger partial charge in [-0.15, -0.1) is 0 Å². The number of carbonyl (C=O) groups excluding carboxylic acids is 1. The molecule has 0 spiro atoms. The van der Waals surface area contributed by atoms with Crippen LogP contribution in [0.3, 0.4) is 0 Å². The summed E-state index contributed by atoms with van der Waals surface area (Å²) < 4.78 is 6.42. The van der Waals surface area contributed by atoms with E-state index in [9.17, 15) is 4.79 Å². The van der Waals surface area contributed by atoms with Crippen LogP contribution in [0.25, 0.3) is 6.08 Å². The molecule has 26 heavy (non-hydrogen) atoms. The highest BCUT2D eigenvalue weighted by Crippen LogP contribution is 2.16. The van der Waals surface area contributed by atoms with Crippen molar-refractivity contribution in [1.82, 2.24) is 10.2 Å². The normalized spacial score (nSPS) is 16.5. The van der Waals surface area contributed by atoms with Gasteiger partial charge in [-0.1, -0.05) is 58.4 Å². The van der Waals surface area contributed by atoms with Crippen molar-refractivity contribution in [3.63, 3.8) is 0 Å². The number of ether oxygens (including phenoxy) is 1. The van der Waals surface area contributed by atoms with Crippen molar-refractivity contribution in [2.45, 2.75) is 6.04 Å². The molecule has 1 heterocycles. The monoisotopic (exact) mass is 414 g/mol. The Morgan fingerprint density at radius 2 is 1.92 bits per heavy atom. The maximum Gasteiger partial charge on any atom is 0.244 e. The van der Waals surface area contributed by atoms with Crippen LogP contribution in [0.1, 0.15) is 17.2 Å². The second-order valence-electron chi connectivity index (χ2n) is 6.27. The van der Waals surface area contributed by atoms with Crippen molar-refractivity contribution in [3.05, 3.63) is 76.3 Å². The van der Waals surface area contributed by atoms with Crippen LogP contribution >= 0.6 is 15.9 Å². The fourth-order valence-electron chi connectivity index (χ4n) is 2.96. The van der Waals surface area contributed by atoms with Gasteiger partial charge in [-0.05, 0) is 29.3 Å². The van der Waals surface area contributed by atoms with E-state index in [0.29, 0.717) is 0 Å². The number of halogens is 1. The number of carbonyl (C=O) groups is 1. The Morgan fingerprint density at radius 1 is 1.15 bits per heavy atom. The largest absolute Gasteiger partial charge is 0.379 e. The molecule has 1 aliphatic rings. The summed E-state index contributed by atoms with van der Waals surface area (Å²) in [6.45, 7) is 4.07. The molecule has 0 aromatic heterocycles. The number of hydrogen-bond acceptors (Lipinski definition) is 3. The summed E-state index contributed by atoms with van der Waals surface area (Å²) in [6, 6.07) is 17.9. The fraction of sp³-hybridized carbons (Fsp3) is 0.286. The second kappa shape index (κ2) is 9.67. The van der Waals surface area contributed by atoms with E-state index in [1.807, 2.05) is 48.5 Å². The van der Waals surface area contributed by atoms with Gasteiger partial charge in [0, 0.05) is 30.2 Å². The number of amides is 1. The van der Waals surface area contributed by atoms with Crippen molar-refractivity contribution >= 4 is 27.9 Å². The van der Waals surface area contributed by atoms with Gasteiger partial charge in [-0.2, -0.15) is 0 Å². The van der Waals surface area contributed by atoms with Crippen LogP contribution in [0.4, 0.5) is 0 Å². The van der Waals surface area contributed by atoms with Crippen molar-refractivity contribution in [2.24, 2.45) is 0 Å². The lowest BCUT2D eigenvalue weighted by Crippen LogP contribution is -2.42. The van der Waals surface area contributed by atoms with Gasteiger partial charge in [0.1, 0.15) is 0 Å². The predicted molar refractivity (Wildman–Crippen MR) is 108 cm³/mol. The molecule has 0 aliphatic carbocycles. The molecule has 1 unspecified atom stereocenters. The molecule has 0 bridgehead atoms. The van der Waals surface area contributed by atoms with Gasteiger partial charge in [0.05, 0.1) is 19.3 Å². The van der Waals surface area contributed by atoms with Crippen molar-refractivity contribution in [1.29, 1.82) is 0 Å². The summed E-state index contributed by atoms with van der Waals surface area (Å²) in [5.74, 6) is -0.0907. The molecule has 2 aromatic rings. The number of nitrogens with one attached hydrogen (secondary N) is 1. The van der Waals surface area contributed by atoms with E-state index < -0.39 is 0 Å². The zero-order chi connectivity index (χ0) is 18.2. The Hall–Kier alpha value is -1.95. The zero-order valence-corrected chi connectivity index (χ0v) is 16.2. The molecule has 1 fully saturated rings. The highest BCUT2D eigenvalue weighted by atomic mass is 79.9. The van der Waals surface area contributed by atoms with Gasteiger partial charge in [0.2, 0.25) is 5.91 Å². The van der Waals surface area contributed by atoms with E-state index in [2.05, 4.69) is 38.3 Å². The Labute approximate surface area is 163 Å². The summed E-state index contributed by atoms with van der Waals surface area (Å²) >= 11 is 3.45. The summed E-state index contributed by atoms with van der Waals surface area (Å²) in [5.41, 5.74) is 2.10. The molecule has 1 saturated heterocycles. The molecular formula is C21H23BrN2O2. The molecule has 0 saturated carbocycles. The third-order valence-electron chi connectivity index (χ3n) is 4.34. The maximum atomic E-state index is 12.5. The molecule has 1 amide bonds. The van der Waals surface area contributed by atoms with E-state index >= 15 is 0 Å². The van der Waals surface area contributed by atoms with Crippen LogP contribution in [-0.2, 0) is 9.53 Å². The van der Waals surface area contributed by atoms with Gasteiger partial charge < -0.3 is 10.1 Å². The van der Waals surface area contributed by atoms with E-state index in [1.54, 1.807) is 6.08 Å². The van der Waals surface area contributed by atoms with E-state index in [0.717, 1.165) is 48.4 Å². The van der Waals surface area contributed by atoms with Crippen LogP contribution in [-0.4, -0.2) is 43.7 Å². The summed E-state index contributed by atoms with van der Waals surface area (Å²) in [5, 5.41) is 3.15. The molecule has 0 radical (unpaired) electrons. The van der Waals surface area contributed by atoms with Crippen LogP contribution in [0.5, 0.6) is 0 Å².